The molecule has 0 fully saturated rings. The molecule has 0 aliphatic carbocycles. The van der Waals surface area contributed by atoms with Gasteiger partial charge >= 0.3 is 6.18 Å². The van der Waals surface area contributed by atoms with Gasteiger partial charge in [-0.25, -0.2) is 17.6 Å². The minimum absolute atomic E-state index is 0.0588. The normalized spacial score (nSPS) is 11.8. The van der Waals surface area contributed by atoms with E-state index in [1.165, 1.54) is 17.0 Å². The Bertz CT molecular complexity index is 961. The van der Waals surface area contributed by atoms with Gasteiger partial charge in [0.2, 0.25) is 0 Å². The average Bonchev–Trinajstić information content (AvgIpc) is 2.61. The summed E-state index contributed by atoms with van der Waals surface area (Å²) in [5.74, 6) is -9.94. The fourth-order valence-corrected chi connectivity index (χ4v) is 2.30. The van der Waals surface area contributed by atoms with Gasteiger partial charge in [-0.15, -0.1) is 0 Å². The predicted molar refractivity (Wildman–Crippen MR) is 89.9 cm³/mol. The summed E-state index contributed by atoms with van der Waals surface area (Å²) in [7, 11) is 3.10. The number of hydrogen-bond donors (Lipinski definition) is 1. The van der Waals surface area contributed by atoms with Crippen molar-refractivity contribution in [2.24, 2.45) is 5.10 Å². The highest BCUT2D eigenvalue weighted by atomic mass is 19.4. The molecule has 1 N–H and O–H groups in total. The lowest BCUT2D eigenvalue weighted by atomic mass is 10.1. The van der Waals surface area contributed by atoms with Crippen LogP contribution in [0.15, 0.2) is 23.3 Å². The molecule has 0 amide bonds. The number of nitro benzene ring substituents is 1. The summed E-state index contributed by atoms with van der Waals surface area (Å²) in [6.45, 7) is 0. The van der Waals surface area contributed by atoms with Crippen molar-refractivity contribution in [1.29, 1.82) is 0 Å². The molecule has 0 aromatic heterocycles. The van der Waals surface area contributed by atoms with Crippen molar-refractivity contribution in [2.75, 3.05) is 24.4 Å². The number of nitro groups is 1. The van der Waals surface area contributed by atoms with E-state index >= 15 is 0 Å². The van der Waals surface area contributed by atoms with E-state index in [9.17, 15) is 40.8 Å². The number of alkyl halides is 3. The average molecular weight is 424 g/mol. The summed E-state index contributed by atoms with van der Waals surface area (Å²) >= 11 is 0. The molecule has 0 bridgehead atoms. The molecular weight excluding hydrogens is 413 g/mol. The predicted octanol–water partition coefficient (Wildman–Crippen LogP) is 4.68. The Balaban J connectivity index is 2.39. The van der Waals surface area contributed by atoms with Gasteiger partial charge in [-0.05, 0) is 6.07 Å². The van der Waals surface area contributed by atoms with Crippen molar-refractivity contribution in [1.82, 2.24) is 0 Å². The zero-order valence-corrected chi connectivity index (χ0v) is 14.6. The van der Waals surface area contributed by atoms with Crippen LogP contribution in [0, 0.1) is 33.4 Å². The van der Waals surface area contributed by atoms with E-state index < -0.39 is 45.6 Å². The van der Waals surface area contributed by atoms with E-state index in [0.29, 0.717) is 0 Å². The molecule has 0 spiro atoms. The molecule has 2 aromatic rings. The van der Waals surface area contributed by atoms with Crippen LogP contribution < -0.4 is 10.3 Å². The fraction of sp³-hybridized carbons (Fsp3) is 0.188. The zero-order chi connectivity index (χ0) is 22.1. The molecule has 0 radical (unpaired) electrons. The van der Waals surface area contributed by atoms with Crippen molar-refractivity contribution >= 4 is 23.3 Å². The van der Waals surface area contributed by atoms with Gasteiger partial charge in [0, 0.05) is 25.7 Å². The first-order valence-electron chi connectivity index (χ1n) is 7.54. The quantitative estimate of drug-likeness (QED) is 0.249. The van der Waals surface area contributed by atoms with E-state index in [0.717, 1.165) is 12.3 Å². The summed E-state index contributed by atoms with van der Waals surface area (Å²) in [6, 6.07) is 3.74. The minimum Gasteiger partial charge on any atom is -0.372 e. The van der Waals surface area contributed by atoms with Gasteiger partial charge in [0.05, 0.1) is 11.1 Å². The maximum Gasteiger partial charge on any atom is 0.422 e. The largest absolute Gasteiger partial charge is 0.422 e. The lowest BCUT2D eigenvalue weighted by Crippen LogP contribution is -2.16. The monoisotopic (exact) mass is 424 g/mol. The molecule has 0 atom stereocenters. The maximum absolute atomic E-state index is 13.8. The fourth-order valence-electron chi connectivity index (χ4n) is 2.30. The summed E-state index contributed by atoms with van der Waals surface area (Å²) in [6.07, 6.45) is -4.84. The third kappa shape index (κ3) is 4.38. The van der Waals surface area contributed by atoms with Crippen LogP contribution in [-0.4, -0.2) is 25.2 Å². The Morgan fingerprint density at radius 2 is 1.62 bits per heavy atom. The highest BCUT2D eigenvalue weighted by Gasteiger charge is 2.42. The molecule has 0 aliphatic rings. The standard InChI is InChI=1S/C16H11F7N4O2/c1-26(2)8-4-3-7(5-9(8)27(28)29)6-24-25-15-13(19)11(17)10(16(21,22)23)12(18)14(15)20/h3-6,25H,1-2H3/b24-6-. The molecule has 0 aliphatic heterocycles. The molecule has 156 valence electrons. The number of hydrazone groups is 1. The van der Waals surface area contributed by atoms with Gasteiger partial charge in [0.15, 0.2) is 23.3 Å². The molecule has 13 heteroatoms. The summed E-state index contributed by atoms with van der Waals surface area (Å²) in [4.78, 5) is 11.9. The van der Waals surface area contributed by atoms with E-state index in [-0.39, 0.29) is 16.9 Å². The topological polar surface area (TPSA) is 70.8 Å². The first-order valence-corrected chi connectivity index (χ1v) is 7.54. The van der Waals surface area contributed by atoms with Gasteiger partial charge in [-0.1, -0.05) is 6.07 Å². The third-order valence-corrected chi connectivity index (χ3v) is 3.61. The summed E-state index contributed by atoms with van der Waals surface area (Å²) in [5.41, 5.74) is -2.77. The molecule has 6 nitrogen and oxygen atoms in total. The molecule has 2 rings (SSSR count). The Morgan fingerprint density at radius 3 is 2.07 bits per heavy atom. The molecule has 0 saturated carbocycles. The molecule has 0 saturated heterocycles. The van der Waals surface area contributed by atoms with Crippen LogP contribution >= 0.6 is 0 Å². The molecule has 2 aromatic carbocycles. The van der Waals surface area contributed by atoms with Crippen LogP contribution in [0.25, 0.3) is 0 Å². The van der Waals surface area contributed by atoms with Crippen LogP contribution in [-0.2, 0) is 6.18 Å². The number of nitrogens with one attached hydrogen (secondary N) is 1. The van der Waals surface area contributed by atoms with Gasteiger partial charge in [0.1, 0.15) is 16.9 Å². The highest BCUT2D eigenvalue weighted by Crippen LogP contribution is 2.38. The molecule has 0 unspecified atom stereocenters. The van der Waals surface area contributed by atoms with Crippen LogP contribution in [0.4, 0.5) is 47.8 Å². The van der Waals surface area contributed by atoms with Gasteiger partial charge in [0.25, 0.3) is 5.69 Å². The summed E-state index contributed by atoms with van der Waals surface area (Å²) in [5, 5.41) is 14.4. The third-order valence-electron chi connectivity index (χ3n) is 3.61. The molecular formula is C16H11F7N4O2. The Kier molecular flexibility index (Phi) is 5.99. The zero-order valence-electron chi connectivity index (χ0n) is 14.6. The van der Waals surface area contributed by atoms with E-state index in [4.69, 9.17) is 0 Å². The summed E-state index contributed by atoms with van der Waals surface area (Å²) < 4.78 is 92.2. The van der Waals surface area contributed by atoms with Crippen molar-refractivity contribution in [3.05, 3.63) is 62.7 Å². The number of halogens is 7. The molecule has 0 heterocycles. The van der Waals surface area contributed by atoms with Crippen LogP contribution in [0.1, 0.15) is 11.1 Å². The Hall–Kier alpha value is -3.38. The van der Waals surface area contributed by atoms with Crippen molar-refractivity contribution in [2.45, 2.75) is 6.18 Å². The SMILES string of the molecule is CN(C)c1ccc(/C=N\Nc2c(F)c(F)c(C(F)(F)F)c(F)c2F)cc1[N+](=O)[O-]. The van der Waals surface area contributed by atoms with Crippen LogP contribution in [0.2, 0.25) is 0 Å². The number of rotatable bonds is 5. The van der Waals surface area contributed by atoms with Gasteiger partial charge in [-0.2, -0.15) is 18.3 Å². The van der Waals surface area contributed by atoms with Crippen LogP contribution in [0.3, 0.4) is 0 Å². The first-order chi connectivity index (χ1) is 13.4. The second-order valence-electron chi connectivity index (χ2n) is 5.77. The molecule has 29 heavy (non-hydrogen) atoms. The number of anilines is 2. The van der Waals surface area contributed by atoms with E-state index in [2.05, 4.69) is 5.10 Å². The van der Waals surface area contributed by atoms with Gasteiger partial charge < -0.3 is 4.90 Å². The van der Waals surface area contributed by atoms with Crippen molar-refractivity contribution in [3.8, 4) is 0 Å². The van der Waals surface area contributed by atoms with Crippen molar-refractivity contribution in [3.63, 3.8) is 0 Å². The second kappa shape index (κ2) is 7.93. The highest BCUT2D eigenvalue weighted by molar-refractivity contribution is 5.83. The van der Waals surface area contributed by atoms with E-state index in [1.54, 1.807) is 19.5 Å². The smallest absolute Gasteiger partial charge is 0.372 e. The number of hydrogen-bond acceptors (Lipinski definition) is 5. The number of nitrogens with zero attached hydrogens (tertiary/aromatic N) is 3. The Labute approximate surface area is 158 Å². The minimum atomic E-state index is -5.66. The second-order valence-corrected chi connectivity index (χ2v) is 5.77. The maximum atomic E-state index is 13.8. The Morgan fingerprint density at radius 1 is 1.07 bits per heavy atom. The number of benzene rings is 2. The van der Waals surface area contributed by atoms with Crippen molar-refractivity contribution < 1.29 is 35.7 Å². The van der Waals surface area contributed by atoms with E-state index in [1.807, 2.05) is 0 Å². The van der Waals surface area contributed by atoms with Gasteiger partial charge in [-0.3, -0.25) is 15.5 Å². The lowest BCUT2D eigenvalue weighted by Gasteiger charge is -2.13. The van der Waals surface area contributed by atoms with Crippen LogP contribution in [0.5, 0.6) is 0 Å². The first kappa shape index (κ1) is 21.9. The lowest BCUT2D eigenvalue weighted by molar-refractivity contribution is -0.384.